The van der Waals surface area contributed by atoms with Crippen LogP contribution in [0.3, 0.4) is 0 Å². The number of hydrogen-bond acceptors (Lipinski definition) is 5. The van der Waals surface area contributed by atoms with Crippen LogP contribution >= 0.6 is 0 Å². The van der Waals surface area contributed by atoms with E-state index in [1.165, 1.54) is 0 Å². The third-order valence-corrected chi connectivity index (χ3v) is 4.27. The molecule has 0 aliphatic carbocycles. The van der Waals surface area contributed by atoms with Crippen LogP contribution < -0.4 is 5.32 Å². The number of carbonyl (C=O) groups excluding carboxylic acids is 3. The van der Waals surface area contributed by atoms with Gasteiger partial charge in [0, 0.05) is 13.7 Å². The van der Waals surface area contributed by atoms with Crippen molar-refractivity contribution in [3.8, 4) is 0 Å². The monoisotopic (exact) mass is 348 g/mol. The van der Waals surface area contributed by atoms with Crippen LogP contribution in [0.15, 0.2) is 30.3 Å². The maximum absolute atomic E-state index is 12.8. The molecule has 3 amide bonds. The number of nitrogens with zero attached hydrogens (tertiary/aromatic N) is 1. The Morgan fingerprint density at radius 2 is 1.84 bits per heavy atom. The van der Waals surface area contributed by atoms with Gasteiger partial charge >= 0.3 is 12.0 Å². The van der Waals surface area contributed by atoms with Crippen molar-refractivity contribution in [2.45, 2.75) is 31.7 Å². The Morgan fingerprint density at radius 1 is 1.16 bits per heavy atom. The number of ether oxygens (including phenoxy) is 2. The molecular formula is C18H24N2O5. The van der Waals surface area contributed by atoms with Crippen LogP contribution in [0.5, 0.6) is 0 Å². The second kappa shape index (κ2) is 8.62. The summed E-state index contributed by atoms with van der Waals surface area (Å²) in [5.74, 6) is -1.02. The van der Waals surface area contributed by atoms with Gasteiger partial charge in [0.2, 0.25) is 0 Å². The van der Waals surface area contributed by atoms with E-state index in [-0.39, 0.29) is 13.2 Å². The number of esters is 1. The van der Waals surface area contributed by atoms with E-state index in [0.717, 1.165) is 11.3 Å². The highest BCUT2D eigenvalue weighted by molar-refractivity contribution is 6.09. The van der Waals surface area contributed by atoms with Gasteiger partial charge in [0.05, 0.1) is 6.61 Å². The molecule has 1 aliphatic rings. The Labute approximate surface area is 147 Å². The van der Waals surface area contributed by atoms with E-state index in [1.54, 1.807) is 19.2 Å². The van der Waals surface area contributed by atoms with Crippen molar-refractivity contribution in [2.75, 3.05) is 26.9 Å². The highest BCUT2D eigenvalue weighted by atomic mass is 16.5. The number of amides is 3. The molecule has 7 heteroatoms. The van der Waals surface area contributed by atoms with Crippen LogP contribution in [0.1, 0.15) is 31.7 Å². The fourth-order valence-electron chi connectivity index (χ4n) is 2.84. The molecule has 1 aromatic rings. The van der Waals surface area contributed by atoms with Crippen molar-refractivity contribution < 1.29 is 23.9 Å². The summed E-state index contributed by atoms with van der Waals surface area (Å²) in [4.78, 5) is 37.9. The first-order valence-electron chi connectivity index (χ1n) is 8.39. The average Bonchev–Trinajstić information content (AvgIpc) is 2.87. The van der Waals surface area contributed by atoms with E-state index < -0.39 is 23.4 Å². The van der Waals surface area contributed by atoms with Gasteiger partial charge in [0.15, 0.2) is 0 Å². The van der Waals surface area contributed by atoms with Gasteiger partial charge in [0.1, 0.15) is 12.1 Å². The normalized spacial score (nSPS) is 19.8. The molecule has 0 radical (unpaired) electrons. The standard InChI is InChI=1S/C18H24N2O5/c1-3-18(14-9-5-4-6-10-14)16(22)20(17(23)19-18)13-15(21)25-12-8-7-11-24-2/h4-6,9-10H,3,7-8,11-13H2,1-2H3,(H,19,23). The molecule has 136 valence electrons. The Kier molecular flexibility index (Phi) is 6.52. The predicted octanol–water partition coefficient (Wildman–Crippen LogP) is 1.81. The Balaban J connectivity index is 2.00. The molecule has 0 saturated carbocycles. The first kappa shape index (κ1) is 18.9. The van der Waals surface area contributed by atoms with Crippen LogP contribution in [-0.4, -0.2) is 49.7 Å². The van der Waals surface area contributed by atoms with E-state index in [2.05, 4.69) is 5.32 Å². The van der Waals surface area contributed by atoms with E-state index in [1.807, 2.05) is 25.1 Å². The zero-order valence-electron chi connectivity index (χ0n) is 14.6. The van der Waals surface area contributed by atoms with Gasteiger partial charge in [-0.25, -0.2) is 4.79 Å². The van der Waals surface area contributed by atoms with E-state index in [4.69, 9.17) is 9.47 Å². The first-order chi connectivity index (χ1) is 12.0. The van der Waals surface area contributed by atoms with Gasteiger partial charge in [-0.05, 0) is 24.8 Å². The molecule has 0 aromatic heterocycles. The fraction of sp³-hybridized carbons (Fsp3) is 0.500. The van der Waals surface area contributed by atoms with Gasteiger partial charge in [-0.1, -0.05) is 37.3 Å². The minimum Gasteiger partial charge on any atom is -0.464 e. The lowest BCUT2D eigenvalue weighted by Gasteiger charge is -2.25. The van der Waals surface area contributed by atoms with Gasteiger partial charge in [-0.2, -0.15) is 0 Å². The zero-order valence-corrected chi connectivity index (χ0v) is 14.6. The maximum atomic E-state index is 12.8. The van der Waals surface area contributed by atoms with Crippen molar-refractivity contribution in [1.82, 2.24) is 10.2 Å². The Hall–Kier alpha value is -2.41. The molecule has 1 aliphatic heterocycles. The zero-order chi connectivity index (χ0) is 18.3. The van der Waals surface area contributed by atoms with E-state index in [9.17, 15) is 14.4 Å². The quantitative estimate of drug-likeness (QED) is 0.418. The SMILES string of the molecule is CCC1(c2ccccc2)NC(=O)N(CC(=O)OCCCCOC)C1=O. The summed E-state index contributed by atoms with van der Waals surface area (Å²) < 4.78 is 10.0. The third-order valence-electron chi connectivity index (χ3n) is 4.27. The van der Waals surface area contributed by atoms with Crippen molar-refractivity contribution >= 4 is 17.9 Å². The van der Waals surface area contributed by atoms with E-state index in [0.29, 0.717) is 25.0 Å². The number of benzene rings is 1. The topological polar surface area (TPSA) is 84.9 Å². The lowest BCUT2D eigenvalue weighted by molar-refractivity contribution is -0.148. The number of hydrogen-bond donors (Lipinski definition) is 1. The summed E-state index contributed by atoms with van der Waals surface area (Å²) in [6.45, 7) is 2.27. The minimum absolute atomic E-state index is 0.240. The highest BCUT2D eigenvalue weighted by Gasteiger charge is 2.51. The number of carbonyl (C=O) groups is 3. The number of methoxy groups -OCH3 is 1. The van der Waals surface area contributed by atoms with Gasteiger partial charge in [0.25, 0.3) is 5.91 Å². The van der Waals surface area contributed by atoms with Crippen LogP contribution in [0, 0.1) is 0 Å². The second-order valence-corrected chi connectivity index (χ2v) is 5.87. The van der Waals surface area contributed by atoms with Crippen molar-refractivity contribution in [3.63, 3.8) is 0 Å². The molecule has 1 atom stereocenters. The molecule has 25 heavy (non-hydrogen) atoms. The van der Waals surface area contributed by atoms with Crippen LogP contribution in [-0.2, 0) is 24.6 Å². The first-order valence-corrected chi connectivity index (χ1v) is 8.39. The molecule has 1 unspecified atom stereocenters. The predicted molar refractivity (Wildman–Crippen MR) is 90.7 cm³/mol. The smallest absolute Gasteiger partial charge is 0.326 e. The van der Waals surface area contributed by atoms with Crippen molar-refractivity contribution in [2.24, 2.45) is 0 Å². The maximum Gasteiger partial charge on any atom is 0.326 e. The largest absolute Gasteiger partial charge is 0.464 e. The fourth-order valence-corrected chi connectivity index (χ4v) is 2.84. The lowest BCUT2D eigenvalue weighted by atomic mass is 9.87. The molecule has 1 heterocycles. The number of nitrogens with one attached hydrogen (secondary N) is 1. The number of imide groups is 1. The molecule has 1 fully saturated rings. The summed E-state index contributed by atoms with van der Waals surface area (Å²) >= 11 is 0. The molecule has 1 aromatic carbocycles. The molecule has 0 bridgehead atoms. The molecule has 0 spiro atoms. The second-order valence-electron chi connectivity index (χ2n) is 5.87. The Bertz CT molecular complexity index is 619. The average molecular weight is 348 g/mol. The van der Waals surface area contributed by atoms with Crippen LogP contribution in [0.25, 0.3) is 0 Å². The van der Waals surface area contributed by atoms with Gasteiger partial charge in [-0.15, -0.1) is 0 Å². The van der Waals surface area contributed by atoms with E-state index >= 15 is 0 Å². The summed E-state index contributed by atoms with van der Waals surface area (Å²) in [6, 6.07) is 8.46. The minimum atomic E-state index is -1.13. The van der Waals surface area contributed by atoms with Crippen molar-refractivity contribution in [1.29, 1.82) is 0 Å². The molecule has 7 nitrogen and oxygen atoms in total. The summed E-state index contributed by atoms with van der Waals surface area (Å²) in [7, 11) is 1.61. The number of unbranched alkanes of at least 4 members (excludes halogenated alkanes) is 1. The molecule has 2 rings (SSSR count). The summed E-state index contributed by atoms with van der Waals surface area (Å²) in [6.07, 6.45) is 1.84. The Morgan fingerprint density at radius 3 is 2.48 bits per heavy atom. The highest BCUT2D eigenvalue weighted by Crippen LogP contribution is 2.32. The molecular weight excluding hydrogens is 324 g/mol. The lowest BCUT2D eigenvalue weighted by Crippen LogP contribution is -2.44. The number of rotatable bonds is 9. The van der Waals surface area contributed by atoms with Gasteiger partial charge in [-0.3, -0.25) is 14.5 Å². The molecule has 1 N–H and O–H groups in total. The number of urea groups is 1. The van der Waals surface area contributed by atoms with Crippen molar-refractivity contribution in [3.05, 3.63) is 35.9 Å². The molecule has 1 saturated heterocycles. The third kappa shape index (κ3) is 4.17. The van der Waals surface area contributed by atoms with Gasteiger partial charge < -0.3 is 14.8 Å². The summed E-state index contributed by atoms with van der Waals surface area (Å²) in [5.41, 5.74) is -0.428. The summed E-state index contributed by atoms with van der Waals surface area (Å²) in [5, 5.41) is 2.74. The van der Waals surface area contributed by atoms with Crippen LogP contribution in [0.2, 0.25) is 0 Å². The van der Waals surface area contributed by atoms with Crippen LogP contribution in [0.4, 0.5) is 4.79 Å².